The van der Waals surface area contributed by atoms with Crippen LogP contribution in [-0.4, -0.2) is 14.5 Å². The number of rotatable bonds is 2. The van der Waals surface area contributed by atoms with Gasteiger partial charge in [0.15, 0.2) is 5.82 Å². The van der Waals surface area contributed by atoms with E-state index in [0.717, 1.165) is 33.1 Å². The van der Waals surface area contributed by atoms with Crippen LogP contribution in [0.2, 0.25) is 0 Å². The van der Waals surface area contributed by atoms with Crippen LogP contribution in [0.4, 0.5) is 13.2 Å². The maximum Gasteiger partial charge on any atom is 0.319 e. The minimum absolute atomic E-state index is 0.129. The monoisotopic (exact) mass is 341 g/mol. The third-order valence-corrected chi connectivity index (χ3v) is 4.53. The largest absolute Gasteiger partial charge is 0.319 e. The number of pyridine rings is 2. The van der Waals surface area contributed by atoms with Gasteiger partial charge in [-0.2, -0.15) is 8.78 Å². The minimum Gasteiger partial charge on any atom is -0.281 e. The summed E-state index contributed by atoms with van der Waals surface area (Å²) in [5, 5.41) is 0.919. The van der Waals surface area contributed by atoms with Crippen LogP contribution in [-0.2, 0) is 0 Å². The summed E-state index contributed by atoms with van der Waals surface area (Å²) >= 11 is 0. The van der Waals surface area contributed by atoms with E-state index in [1.165, 1.54) is 6.20 Å². The Morgan fingerprint density at radius 2 is 1.76 bits per heavy atom. The van der Waals surface area contributed by atoms with Gasteiger partial charge in [-0.1, -0.05) is 12.1 Å². The molecule has 1 aromatic carbocycles. The molecule has 0 fully saturated rings. The highest BCUT2D eigenvalue weighted by molar-refractivity contribution is 6.08. The van der Waals surface area contributed by atoms with Gasteiger partial charge in [0, 0.05) is 34.4 Å². The summed E-state index contributed by atoms with van der Waals surface area (Å²) < 4.78 is 42.2. The zero-order valence-corrected chi connectivity index (χ0v) is 13.6. The van der Waals surface area contributed by atoms with Crippen LogP contribution < -0.4 is 0 Å². The Hall–Kier alpha value is -2.89. The van der Waals surface area contributed by atoms with E-state index in [9.17, 15) is 13.2 Å². The fourth-order valence-electron chi connectivity index (χ4n) is 3.13. The number of benzene rings is 1. The van der Waals surface area contributed by atoms with Crippen LogP contribution in [0.15, 0.2) is 42.9 Å². The van der Waals surface area contributed by atoms with Crippen molar-refractivity contribution in [1.82, 2.24) is 14.5 Å². The van der Waals surface area contributed by atoms with E-state index in [-0.39, 0.29) is 11.0 Å². The van der Waals surface area contributed by atoms with Crippen LogP contribution in [0, 0.1) is 19.7 Å². The Kier molecular flexibility index (Phi) is 3.49. The fourth-order valence-corrected chi connectivity index (χ4v) is 3.13. The highest BCUT2D eigenvalue weighted by atomic mass is 19.3. The number of fused-ring (bicyclic) bond motifs is 3. The summed E-state index contributed by atoms with van der Waals surface area (Å²) in [6.07, 6.45) is 4.08. The molecule has 0 bridgehead atoms. The predicted molar refractivity (Wildman–Crippen MR) is 91.2 cm³/mol. The Labute approximate surface area is 141 Å². The molecular formula is C19H14F3N3. The Morgan fingerprint density at radius 1 is 0.960 bits per heavy atom. The average molecular weight is 341 g/mol. The molecular weight excluding hydrogens is 327 g/mol. The molecule has 0 saturated heterocycles. The third kappa shape index (κ3) is 2.36. The van der Waals surface area contributed by atoms with Crippen molar-refractivity contribution >= 4 is 21.8 Å². The van der Waals surface area contributed by atoms with Gasteiger partial charge >= 0.3 is 6.55 Å². The SMILES string of the molecule is Cc1cc(-c2ccc3c4cncc(F)c4n(C(F)F)c3c2)cnc1C. The van der Waals surface area contributed by atoms with E-state index in [2.05, 4.69) is 9.97 Å². The predicted octanol–water partition coefficient (Wildman–Crippen LogP) is 5.40. The molecule has 0 radical (unpaired) electrons. The minimum atomic E-state index is -2.86. The number of aromatic nitrogens is 3. The van der Waals surface area contributed by atoms with Crippen molar-refractivity contribution in [3.05, 3.63) is 59.9 Å². The second-order valence-electron chi connectivity index (χ2n) is 6.02. The summed E-state index contributed by atoms with van der Waals surface area (Å²) in [4.78, 5) is 8.12. The lowest BCUT2D eigenvalue weighted by atomic mass is 10.0. The molecule has 25 heavy (non-hydrogen) atoms. The Morgan fingerprint density at radius 3 is 2.48 bits per heavy atom. The third-order valence-electron chi connectivity index (χ3n) is 4.53. The smallest absolute Gasteiger partial charge is 0.281 e. The van der Waals surface area contributed by atoms with Crippen molar-refractivity contribution in [2.24, 2.45) is 0 Å². The number of hydrogen-bond donors (Lipinski definition) is 0. The van der Waals surface area contributed by atoms with Crippen LogP contribution in [0.25, 0.3) is 32.9 Å². The molecule has 3 heterocycles. The van der Waals surface area contributed by atoms with E-state index in [4.69, 9.17) is 0 Å². The molecule has 4 rings (SSSR count). The van der Waals surface area contributed by atoms with Crippen LogP contribution in [0.5, 0.6) is 0 Å². The molecule has 0 aliphatic heterocycles. The van der Waals surface area contributed by atoms with E-state index < -0.39 is 12.4 Å². The van der Waals surface area contributed by atoms with E-state index >= 15 is 0 Å². The van der Waals surface area contributed by atoms with Crippen molar-refractivity contribution < 1.29 is 13.2 Å². The molecule has 6 heteroatoms. The Balaban J connectivity index is 2.05. The first-order valence-corrected chi connectivity index (χ1v) is 7.76. The van der Waals surface area contributed by atoms with E-state index in [1.54, 1.807) is 18.3 Å². The maximum atomic E-state index is 14.1. The van der Waals surface area contributed by atoms with Crippen molar-refractivity contribution in [3.63, 3.8) is 0 Å². The van der Waals surface area contributed by atoms with Gasteiger partial charge in [0.1, 0.15) is 0 Å². The molecule has 3 nitrogen and oxygen atoms in total. The molecule has 0 N–H and O–H groups in total. The zero-order chi connectivity index (χ0) is 17.7. The zero-order valence-electron chi connectivity index (χ0n) is 13.6. The highest BCUT2D eigenvalue weighted by Gasteiger charge is 2.20. The number of halogens is 3. The van der Waals surface area contributed by atoms with Gasteiger partial charge in [0.05, 0.1) is 17.2 Å². The van der Waals surface area contributed by atoms with Gasteiger partial charge in [0.25, 0.3) is 0 Å². The second kappa shape index (κ2) is 5.58. The topological polar surface area (TPSA) is 30.7 Å². The van der Waals surface area contributed by atoms with Crippen LogP contribution in [0.1, 0.15) is 17.8 Å². The van der Waals surface area contributed by atoms with E-state index in [1.807, 2.05) is 26.0 Å². The molecule has 0 spiro atoms. The van der Waals surface area contributed by atoms with Crippen LogP contribution >= 0.6 is 0 Å². The first-order chi connectivity index (χ1) is 12.0. The van der Waals surface area contributed by atoms with Gasteiger partial charge in [-0.15, -0.1) is 0 Å². The molecule has 0 amide bonds. The molecule has 0 atom stereocenters. The van der Waals surface area contributed by atoms with Gasteiger partial charge < -0.3 is 0 Å². The van der Waals surface area contributed by atoms with Crippen molar-refractivity contribution in [1.29, 1.82) is 0 Å². The second-order valence-corrected chi connectivity index (χ2v) is 6.02. The highest BCUT2D eigenvalue weighted by Crippen LogP contribution is 2.36. The summed E-state index contributed by atoms with van der Waals surface area (Å²) in [6, 6.07) is 7.16. The molecule has 126 valence electrons. The molecule has 4 aromatic rings. The van der Waals surface area contributed by atoms with Crippen molar-refractivity contribution in [2.45, 2.75) is 20.4 Å². The van der Waals surface area contributed by atoms with Crippen LogP contribution in [0.3, 0.4) is 0 Å². The number of nitrogens with zero attached hydrogens (tertiary/aromatic N) is 3. The molecule has 3 aromatic heterocycles. The average Bonchev–Trinajstić information content (AvgIpc) is 2.92. The molecule has 0 unspecified atom stereocenters. The lowest BCUT2D eigenvalue weighted by Gasteiger charge is -2.08. The van der Waals surface area contributed by atoms with Crippen molar-refractivity contribution in [3.8, 4) is 11.1 Å². The first-order valence-electron chi connectivity index (χ1n) is 7.76. The maximum absolute atomic E-state index is 14.1. The lowest BCUT2D eigenvalue weighted by molar-refractivity contribution is 0.0791. The quantitative estimate of drug-likeness (QED) is 0.488. The molecule has 0 aliphatic carbocycles. The lowest BCUT2D eigenvalue weighted by Crippen LogP contribution is -1.99. The van der Waals surface area contributed by atoms with Gasteiger partial charge in [0.2, 0.25) is 0 Å². The first kappa shape index (κ1) is 15.6. The molecule has 0 aliphatic rings. The normalized spacial score (nSPS) is 11.8. The van der Waals surface area contributed by atoms with Gasteiger partial charge in [-0.05, 0) is 37.1 Å². The summed E-state index contributed by atoms with van der Waals surface area (Å²) in [6.45, 7) is 0.999. The van der Waals surface area contributed by atoms with E-state index in [0.29, 0.717) is 10.8 Å². The van der Waals surface area contributed by atoms with Crippen molar-refractivity contribution in [2.75, 3.05) is 0 Å². The van der Waals surface area contributed by atoms with Gasteiger partial charge in [-0.25, -0.2) is 4.39 Å². The number of alkyl halides is 2. The summed E-state index contributed by atoms with van der Waals surface area (Å²) in [5.74, 6) is -0.761. The molecule has 0 saturated carbocycles. The Bertz CT molecular complexity index is 1120. The van der Waals surface area contributed by atoms with Gasteiger partial charge in [-0.3, -0.25) is 14.5 Å². The number of aryl methyl sites for hydroxylation is 2. The standard InChI is InChI=1S/C19H14F3N3/c1-10-5-13(7-24-11(10)2)12-3-4-14-15-8-23-9-16(20)18(15)25(19(21)22)17(14)6-12/h3-9,19H,1-2H3. The number of hydrogen-bond acceptors (Lipinski definition) is 2. The summed E-state index contributed by atoms with van der Waals surface area (Å²) in [5.41, 5.74) is 3.65. The summed E-state index contributed by atoms with van der Waals surface area (Å²) in [7, 11) is 0. The fraction of sp³-hybridized carbons (Fsp3) is 0.158.